The Morgan fingerprint density at radius 1 is 1.14 bits per heavy atom. The van der Waals surface area contributed by atoms with E-state index in [2.05, 4.69) is 39.7 Å². The second-order valence-corrected chi connectivity index (χ2v) is 7.47. The van der Waals surface area contributed by atoms with E-state index in [-0.39, 0.29) is 0 Å². The number of rotatable bonds is 11. The van der Waals surface area contributed by atoms with Crippen LogP contribution in [-0.2, 0) is 19.3 Å². The summed E-state index contributed by atoms with van der Waals surface area (Å²) in [4.78, 5) is 10.1. The van der Waals surface area contributed by atoms with Crippen molar-refractivity contribution in [1.29, 1.82) is 0 Å². The van der Waals surface area contributed by atoms with Gasteiger partial charge < -0.3 is 20.1 Å². The van der Waals surface area contributed by atoms with Crippen molar-refractivity contribution in [3.8, 4) is 11.5 Å². The summed E-state index contributed by atoms with van der Waals surface area (Å²) < 4.78 is 11.0. The summed E-state index contributed by atoms with van der Waals surface area (Å²) in [6.07, 6.45) is 5.91. The highest BCUT2D eigenvalue weighted by atomic mass is 32.1. The Bertz CT molecular complexity index is 746. The SMILES string of the molecule is CCOc1cc(CCCNC(=NC)NCCc2ncc(CC)s2)ccc1OC. The van der Waals surface area contributed by atoms with Gasteiger partial charge in [0.2, 0.25) is 0 Å². The van der Waals surface area contributed by atoms with Gasteiger partial charge in [-0.15, -0.1) is 11.3 Å². The zero-order valence-corrected chi connectivity index (χ0v) is 18.2. The molecule has 2 N–H and O–H groups in total. The maximum Gasteiger partial charge on any atom is 0.190 e. The van der Waals surface area contributed by atoms with Gasteiger partial charge in [-0.25, -0.2) is 4.98 Å². The average Bonchev–Trinajstić information content (AvgIpc) is 3.18. The molecule has 0 fully saturated rings. The van der Waals surface area contributed by atoms with Gasteiger partial charge in [-0.1, -0.05) is 13.0 Å². The lowest BCUT2D eigenvalue weighted by Gasteiger charge is -2.13. The molecule has 2 rings (SSSR count). The number of hydrogen-bond acceptors (Lipinski definition) is 5. The highest BCUT2D eigenvalue weighted by molar-refractivity contribution is 7.11. The number of methoxy groups -OCH3 is 1. The van der Waals surface area contributed by atoms with Gasteiger partial charge in [0.15, 0.2) is 17.5 Å². The molecule has 1 aromatic heterocycles. The first-order valence-electron chi connectivity index (χ1n) is 9.87. The molecule has 0 atom stereocenters. The fourth-order valence-electron chi connectivity index (χ4n) is 2.78. The molecule has 0 unspecified atom stereocenters. The fraction of sp³-hybridized carbons (Fsp3) is 0.524. The third kappa shape index (κ3) is 7.03. The van der Waals surface area contributed by atoms with Crippen LogP contribution < -0.4 is 20.1 Å². The number of thiazole rings is 1. The van der Waals surface area contributed by atoms with E-state index < -0.39 is 0 Å². The minimum Gasteiger partial charge on any atom is -0.493 e. The number of aryl methyl sites for hydroxylation is 2. The number of guanidine groups is 1. The topological polar surface area (TPSA) is 67.8 Å². The number of nitrogens with zero attached hydrogens (tertiary/aromatic N) is 2. The molecule has 0 bridgehead atoms. The van der Waals surface area contributed by atoms with Gasteiger partial charge in [0.25, 0.3) is 0 Å². The van der Waals surface area contributed by atoms with Crippen LogP contribution in [0, 0.1) is 0 Å². The van der Waals surface area contributed by atoms with Crippen molar-refractivity contribution in [2.45, 2.75) is 39.5 Å². The van der Waals surface area contributed by atoms with Crippen LogP contribution in [0.25, 0.3) is 0 Å². The quantitative estimate of drug-likeness (QED) is 0.341. The van der Waals surface area contributed by atoms with E-state index in [0.29, 0.717) is 6.61 Å². The minimum atomic E-state index is 0.629. The van der Waals surface area contributed by atoms with Crippen molar-refractivity contribution in [3.63, 3.8) is 0 Å². The van der Waals surface area contributed by atoms with E-state index in [1.54, 1.807) is 25.5 Å². The van der Waals surface area contributed by atoms with E-state index in [9.17, 15) is 0 Å². The smallest absolute Gasteiger partial charge is 0.190 e. The molecule has 0 saturated heterocycles. The molecule has 1 heterocycles. The fourth-order valence-corrected chi connectivity index (χ4v) is 3.64. The molecule has 6 nitrogen and oxygen atoms in total. The molecule has 154 valence electrons. The van der Waals surface area contributed by atoms with E-state index in [4.69, 9.17) is 9.47 Å². The molecule has 0 aliphatic heterocycles. The molecular weight excluding hydrogens is 372 g/mol. The lowest BCUT2D eigenvalue weighted by molar-refractivity contribution is 0.310. The van der Waals surface area contributed by atoms with Crippen molar-refractivity contribution >= 4 is 17.3 Å². The number of benzene rings is 1. The van der Waals surface area contributed by atoms with Gasteiger partial charge in [-0.2, -0.15) is 0 Å². The van der Waals surface area contributed by atoms with Crippen LogP contribution in [0.5, 0.6) is 11.5 Å². The lowest BCUT2D eigenvalue weighted by Crippen LogP contribution is -2.38. The van der Waals surface area contributed by atoms with Crippen molar-refractivity contribution in [2.24, 2.45) is 4.99 Å². The molecule has 0 amide bonds. The van der Waals surface area contributed by atoms with E-state index in [1.165, 1.54) is 15.4 Å². The second kappa shape index (κ2) is 12.2. The zero-order valence-electron chi connectivity index (χ0n) is 17.4. The van der Waals surface area contributed by atoms with Gasteiger partial charge in [-0.3, -0.25) is 4.99 Å². The van der Waals surface area contributed by atoms with Gasteiger partial charge >= 0.3 is 0 Å². The van der Waals surface area contributed by atoms with Crippen LogP contribution in [0.4, 0.5) is 0 Å². The maximum absolute atomic E-state index is 5.65. The Kier molecular flexibility index (Phi) is 9.62. The summed E-state index contributed by atoms with van der Waals surface area (Å²) in [5, 5.41) is 7.90. The predicted octanol–water partition coefficient (Wildman–Crippen LogP) is 3.45. The largest absolute Gasteiger partial charge is 0.493 e. The number of hydrogen-bond donors (Lipinski definition) is 2. The Hall–Kier alpha value is -2.28. The van der Waals surface area contributed by atoms with Crippen molar-refractivity contribution in [1.82, 2.24) is 15.6 Å². The Balaban J connectivity index is 1.70. The average molecular weight is 405 g/mol. The van der Waals surface area contributed by atoms with Gasteiger partial charge in [-0.05, 0) is 43.9 Å². The van der Waals surface area contributed by atoms with Gasteiger partial charge in [0, 0.05) is 37.6 Å². The van der Waals surface area contributed by atoms with E-state index in [1.807, 2.05) is 19.2 Å². The highest BCUT2D eigenvalue weighted by Gasteiger charge is 2.06. The molecule has 28 heavy (non-hydrogen) atoms. The van der Waals surface area contributed by atoms with Crippen LogP contribution in [0.15, 0.2) is 29.4 Å². The van der Waals surface area contributed by atoms with Crippen molar-refractivity contribution in [3.05, 3.63) is 39.8 Å². The van der Waals surface area contributed by atoms with Crippen LogP contribution >= 0.6 is 11.3 Å². The minimum absolute atomic E-state index is 0.629. The summed E-state index contributed by atoms with van der Waals surface area (Å²) in [5.41, 5.74) is 1.24. The molecule has 0 saturated carbocycles. The molecule has 2 aromatic rings. The molecule has 0 aliphatic rings. The Morgan fingerprint density at radius 3 is 2.64 bits per heavy atom. The third-order valence-corrected chi connectivity index (χ3v) is 5.47. The highest BCUT2D eigenvalue weighted by Crippen LogP contribution is 2.28. The molecule has 0 radical (unpaired) electrons. The standard InChI is InChI=1S/C21H32N4O2S/c1-5-17-15-25-20(28-17)11-13-24-21(22-3)23-12-7-8-16-9-10-18(26-4)19(14-16)27-6-2/h9-10,14-15H,5-8,11-13H2,1-4H3,(H2,22,23,24). The monoisotopic (exact) mass is 404 g/mol. The van der Waals surface area contributed by atoms with Crippen LogP contribution in [0.2, 0.25) is 0 Å². The first-order valence-corrected chi connectivity index (χ1v) is 10.7. The molecule has 0 spiro atoms. The summed E-state index contributed by atoms with van der Waals surface area (Å²) in [6.45, 7) is 6.44. The second-order valence-electron chi connectivity index (χ2n) is 6.27. The number of ether oxygens (including phenoxy) is 2. The van der Waals surface area contributed by atoms with Crippen LogP contribution in [0.3, 0.4) is 0 Å². The zero-order chi connectivity index (χ0) is 20.2. The summed E-state index contributed by atoms with van der Waals surface area (Å²) in [5.74, 6) is 2.41. The number of aliphatic imine (C=N–C) groups is 1. The van der Waals surface area contributed by atoms with Crippen LogP contribution in [-0.4, -0.2) is 44.8 Å². The normalized spacial score (nSPS) is 11.4. The summed E-state index contributed by atoms with van der Waals surface area (Å²) >= 11 is 1.79. The first-order chi connectivity index (χ1) is 13.7. The molecule has 7 heteroatoms. The molecular formula is C21H32N4O2S. The van der Waals surface area contributed by atoms with Crippen molar-refractivity contribution < 1.29 is 9.47 Å². The third-order valence-electron chi connectivity index (χ3n) is 4.27. The maximum atomic E-state index is 5.65. The molecule has 0 aliphatic carbocycles. The first kappa shape index (κ1) is 22.0. The lowest BCUT2D eigenvalue weighted by atomic mass is 10.1. The molecule has 1 aromatic carbocycles. The number of aromatic nitrogens is 1. The number of nitrogens with one attached hydrogen (secondary N) is 2. The predicted molar refractivity (Wildman–Crippen MR) is 117 cm³/mol. The Labute approximate surface area is 172 Å². The summed E-state index contributed by atoms with van der Waals surface area (Å²) in [6, 6.07) is 6.12. The van der Waals surface area contributed by atoms with Gasteiger partial charge in [0.05, 0.1) is 18.7 Å². The van der Waals surface area contributed by atoms with E-state index in [0.717, 1.165) is 56.2 Å². The summed E-state index contributed by atoms with van der Waals surface area (Å²) in [7, 11) is 3.46. The van der Waals surface area contributed by atoms with E-state index >= 15 is 0 Å². The van der Waals surface area contributed by atoms with Crippen LogP contribution in [0.1, 0.15) is 35.7 Å². The Morgan fingerprint density at radius 2 is 1.96 bits per heavy atom. The van der Waals surface area contributed by atoms with Gasteiger partial charge in [0.1, 0.15) is 0 Å². The van der Waals surface area contributed by atoms with Crippen molar-refractivity contribution in [2.75, 3.05) is 33.9 Å².